The fourth-order valence-corrected chi connectivity index (χ4v) is 2.24. The van der Waals surface area contributed by atoms with Gasteiger partial charge in [-0.3, -0.25) is 0 Å². The Bertz CT molecular complexity index is 570. The SMILES string of the molecule is CCOCc1nc(N)cc(Sc2nnc(C)n2C)n1. The van der Waals surface area contributed by atoms with Gasteiger partial charge in [0.2, 0.25) is 0 Å². The lowest BCUT2D eigenvalue weighted by Gasteiger charge is -2.05. The molecular weight excluding hydrogens is 264 g/mol. The first kappa shape index (κ1) is 13.8. The summed E-state index contributed by atoms with van der Waals surface area (Å²) < 4.78 is 7.18. The highest BCUT2D eigenvalue weighted by Crippen LogP contribution is 2.25. The molecule has 19 heavy (non-hydrogen) atoms. The van der Waals surface area contributed by atoms with Gasteiger partial charge in [0.25, 0.3) is 0 Å². The van der Waals surface area contributed by atoms with Gasteiger partial charge in [-0.1, -0.05) is 0 Å². The standard InChI is InChI=1S/C11H16N6OS/c1-4-18-6-9-13-8(12)5-10(14-9)19-11-16-15-7(2)17(11)3/h5H,4,6H2,1-3H3,(H2,12,13,14). The maximum absolute atomic E-state index is 5.77. The van der Waals surface area contributed by atoms with E-state index in [1.54, 1.807) is 6.07 Å². The Labute approximate surface area is 115 Å². The van der Waals surface area contributed by atoms with Crippen molar-refractivity contribution in [3.05, 3.63) is 17.7 Å². The Morgan fingerprint density at radius 2 is 2.16 bits per heavy atom. The Hall–Kier alpha value is -1.67. The van der Waals surface area contributed by atoms with Crippen molar-refractivity contribution in [1.82, 2.24) is 24.7 Å². The number of hydrogen-bond donors (Lipinski definition) is 1. The van der Waals surface area contributed by atoms with Crippen LogP contribution in [-0.2, 0) is 18.4 Å². The van der Waals surface area contributed by atoms with Crippen LogP contribution in [0.2, 0.25) is 0 Å². The third-order valence-corrected chi connectivity index (χ3v) is 3.41. The minimum Gasteiger partial charge on any atom is -0.384 e. The molecule has 2 N–H and O–H groups in total. The average molecular weight is 280 g/mol. The summed E-state index contributed by atoms with van der Waals surface area (Å²) in [6, 6.07) is 1.71. The van der Waals surface area contributed by atoms with E-state index in [0.29, 0.717) is 24.9 Å². The summed E-state index contributed by atoms with van der Waals surface area (Å²) in [4.78, 5) is 8.51. The van der Waals surface area contributed by atoms with Crippen molar-refractivity contribution in [2.75, 3.05) is 12.3 Å². The minimum absolute atomic E-state index is 0.354. The molecule has 0 aliphatic rings. The third-order valence-electron chi connectivity index (χ3n) is 2.45. The second kappa shape index (κ2) is 5.98. The van der Waals surface area contributed by atoms with Crippen molar-refractivity contribution >= 4 is 17.6 Å². The van der Waals surface area contributed by atoms with Crippen LogP contribution in [0.25, 0.3) is 0 Å². The summed E-state index contributed by atoms with van der Waals surface area (Å²) in [5, 5.41) is 9.57. The molecular formula is C11H16N6OS. The molecule has 0 saturated carbocycles. The van der Waals surface area contributed by atoms with Crippen LogP contribution in [0.5, 0.6) is 0 Å². The molecule has 2 rings (SSSR count). The highest BCUT2D eigenvalue weighted by atomic mass is 32.2. The van der Waals surface area contributed by atoms with E-state index in [1.165, 1.54) is 11.8 Å². The molecule has 0 aromatic carbocycles. The number of aromatic nitrogens is 5. The van der Waals surface area contributed by atoms with Crippen LogP contribution in [0.4, 0.5) is 5.82 Å². The lowest BCUT2D eigenvalue weighted by molar-refractivity contribution is 0.128. The van der Waals surface area contributed by atoms with Crippen LogP contribution in [0.1, 0.15) is 18.6 Å². The summed E-state index contributed by atoms with van der Waals surface area (Å²) in [6.45, 7) is 4.78. The van der Waals surface area contributed by atoms with Gasteiger partial charge in [0.1, 0.15) is 23.3 Å². The molecule has 7 nitrogen and oxygen atoms in total. The Morgan fingerprint density at radius 3 is 2.79 bits per heavy atom. The zero-order chi connectivity index (χ0) is 13.8. The van der Waals surface area contributed by atoms with E-state index in [4.69, 9.17) is 10.5 Å². The van der Waals surface area contributed by atoms with Gasteiger partial charge < -0.3 is 15.0 Å². The molecule has 0 aliphatic heterocycles. The topological polar surface area (TPSA) is 91.7 Å². The van der Waals surface area contributed by atoms with E-state index in [1.807, 2.05) is 25.5 Å². The summed E-state index contributed by atoms with van der Waals surface area (Å²) in [5.74, 6) is 1.84. The molecule has 8 heteroatoms. The molecule has 0 aliphatic carbocycles. The third kappa shape index (κ3) is 3.42. The molecule has 0 radical (unpaired) electrons. The minimum atomic E-state index is 0.354. The smallest absolute Gasteiger partial charge is 0.197 e. The maximum atomic E-state index is 5.77. The van der Waals surface area contributed by atoms with Crippen LogP contribution in [0.3, 0.4) is 0 Å². The van der Waals surface area contributed by atoms with Crippen molar-refractivity contribution in [2.24, 2.45) is 7.05 Å². The molecule has 102 valence electrons. The van der Waals surface area contributed by atoms with E-state index in [-0.39, 0.29) is 0 Å². The largest absolute Gasteiger partial charge is 0.384 e. The van der Waals surface area contributed by atoms with Crippen molar-refractivity contribution in [3.8, 4) is 0 Å². The first-order valence-electron chi connectivity index (χ1n) is 5.85. The molecule has 2 aromatic heterocycles. The Morgan fingerprint density at radius 1 is 1.37 bits per heavy atom. The number of ether oxygens (including phenoxy) is 1. The molecule has 0 saturated heterocycles. The van der Waals surface area contributed by atoms with Gasteiger partial charge >= 0.3 is 0 Å². The fraction of sp³-hybridized carbons (Fsp3) is 0.455. The van der Waals surface area contributed by atoms with Crippen molar-refractivity contribution in [1.29, 1.82) is 0 Å². The lowest BCUT2D eigenvalue weighted by atomic mass is 10.5. The Kier molecular flexibility index (Phi) is 4.33. The Balaban J connectivity index is 2.20. The zero-order valence-electron chi connectivity index (χ0n) is 11.1. The molecule has 0 unspecified atom stereocenters. The monoisotopic (exact) mass is 280 g/mol. The number of nitrogens with two attached hydrogens (primary N) is 1. The molecule has 0 fully saturated rings. The number of hydrogen-bond acceptors (Lipinski definition) is 7. The van der Waals surface area contributed by atoms with Crippen molar-refractivity contribution in [3.63, 3.8) is 0 Å². The van der Waals surface area contributed by atoms with Crippen LogP contribution < -0.4 is 5.73 Å². The number of aryl methyl sites for hydroxylation is 1. The van der Waals surface area contributed by atoms with Crippen molar-refractivity contribution < 1.29 is 4.74 Å². The molecule has 0 amide bonds. The normalized spacial score (nSPS) is 10.9. The summed E-state index contributed by atoms with van der Waals surface area (Å²) in [6.07, 6.45) is 0. The summed E-state index contributed by atoms with van der Waals surface area (Å²) in [5.41, 5.74) is 5.77. The predicted octanol–water partition coefficient (Wildman–Crippen LogP) is 1.18. The molecule has 2 aromatic rings. The average Bonchev–Trinajstić information content (AvgIpc) is 2.68. The maximum Gasteiger partial charge on any atom is 0.197 e. The summed E-state index contributed by atoms with van der Waals surface area (Å²) in [7, 11) is 1.91. The fourth-order valence-electron chi connectivity index (χ4n) is 1.37. The van der Waals surface area contributed by atoms with E-state index in [9.17, 15) is 0 Å². The van der Waals surface area contributed by atoms with Gasteiger partial charge in [0, 0.05) is 19.7 Å². The molecule has 0 bridgehead atoms. The van der Waals surface area contributed by atoms with Crippen molar-refractivity contribution in [2.45, 2.75) is 30.6 Å². The summed E-state index contributed by atoms with van der Waals surface area (Å²) >= 11 is 1.40. The number of anilines is 1. The van der Waals surface area contributed by atoms with Crippen LogP contribution in [0, 0.1) is 6.92 Å². The van der Waals surface area contributed by atoms with Gasteiger partial charge in [0.05, 0.1) is 0 Å². The van der Waals surface area contributed by atoms with E-state index < -0.39 is 0 Å². The van der Waals surface area contributed by atoms with E-state index in [0.717, 1.165) is 16.0 Å². The molecule has 0 atom stereocenters. The first-order chi connectivity index (χ1) is 9.10. The van der Waals surface area contributed by atoms with Crippen LogP contribution in [-0.4, -0.2) is 31.3 Å². The quantitative estimate of drug-likeness (QED) is 0.822. The number of nitrogen functional groups attached to an aromatic ring is 1. The highest BCUT2D eigenvalue weighted by molar-refractivity contribution is 7.99. The van der Waals surface area contributed by atoms with Crippen LogP contribution >= 0.6 is 11.8 Å². The zero-order valence-corrected chi connectivity index (χ0v) is 11.9. The van der Waals surface area contributed by atoms with Gasteiger partial charge in [-0.25, -0.2) is 9.97 Å². The van der Waals surface area contributed by atoms with E-state index in [2.05, 4.69) is 20.2 Å². The highest BCUT2D eigenvalue weighted by Gasteiger charge is 2.10. The first-order valence-corrected chi connectivity index (χ1v) is 6.66. The molecule has 0 spiro atoms. The second-order valence-corrected chi connectivity index (χ2v) is 4.86. The second-order valence-electron chi connectivity index (χ2n) is 3.88. The van der Waals surface area contributed by atoms with Gasteiger partial charge in [0.15, 0.2) is 11.0 Å². The van der Waals surface area contributed by atoms with E-state index >= 15 is 0 Å². The van der Waals surface area contributed by atoms with Gasteiger partial charge in [-0.15, -0.1) is 10.2 Å². The number of rotatable bonds is 5. The van der Waals surface area contributed by atoms with Gasteiger partial charge in [-0.2, -0.15) is 0 Å². The number of nitrogens with zero attached hydrogens (tertiary/aromatic N) is 5. The van der Waals surface area contributed by atoms with Gasteiger partial charge in [-0.05, 0) is 25.6 Å². The predicted molar refractivity (Wildman–Crippen MR) is 71.6 cm³/mol. The van der Waals surface area contributed by atoms with Crippen LogP contribution in [0.15, 0.2) is 16.2 Å². The molecule has 2 heterocycles. The lowest BCUT2D eigenvalue weighted by Crippen LogP contribution is -2.03.